The van der Waals surface area contributed by atoms with Gasteiger partial charge in [-0.1, -0.05) is 99.7 Å². The van der Waals surface area contributed by atoms with Crippen molar-refractivity contribution in [2.45, 2.75) is 64.6 Å². The third-order valence-corrected chi connectivity index (χ3v) is 6.78. The van der Waals surface area contributed by atoms with E-state index in [9.17, 15) is 19.2 Å². The number of rotatable bonds is 7. The average Bonchev–Trinajstić information content (AvgIpc) is 2.95. The summed E-state index contributed by atoms with van der Waals surface area (Å²) >= 11 is 0. The summed E-state index contributed by atoms with van der Waals surface area (Å²) in [6, 6.07) is 17.6. The number of esters is 1. The van der Waals surface area contributed by atoms with Crippen LogP contribution in [0, 0.1) is 11.8 Å². The Hall–Kier alpha value is -4.20. The van der Waals surface area contributed by atoms with Gasteiger partial charge in [-0.05, 0) is 29.5 Å². The molecule has 8 heteroatoms. The molecular weight excluding hydrogens is 518 g/mol. The van der Waals surface area contributed by atoms with Crippen molar-refractivity contribution >= 4 is 29.8 Å². The summed E-state index contributed by atoms with van der Waals surface area (Å²) in [5.41, 5.74) is 1.91. The highest BCUT2D eigenvalue weighted by atomic mass is 16.5. The van der Waals surface area contributed by atoms with Crippen LogP contribution in [0.2, 0.25) is 0 Å². The zero-order chi connectivity index (χ0) is 29.6. The minimum absolute atomic E-state index is 0.0147. The molecular formula is C33H41N3O5. The maximum Gasteiger partial charge on any atom is 0.328 e. The van der Waals surface area contributed by atoms with Crippen molar-refractivity contribution in [1.82, 2.24) is 16.0 Å². The third-order valence-electron chi connectivity index (χ3n) is 6.78. The Morgan fingerprint density at radius 2 is 1.59 bits per heavy atom. The molecule has 218 valence electrons. The monoisotopic (exact) mass is 559 g/mol. The first-order valence-electron chi connectivity index (χ1n) is 14.2. The number of cyclic esters (lactones) is 1. The van der Waals surface area contributed by atoms with Crippen molar-refractivity contribution in [3.8, 4) is 0 Å². The molecule has 0 aliphatic carbocycles. The van der Waals surface area contributed by atoms with Crippen LogP contribution >= 0.6 is 0 Å². The maximum absolute atomic E-state index is 13.3. The van der Waals surface area contributed by atoms with Crippen LogP contribution in [0.4, 0.5) is 0 Å². The number of carbonyl (C=O) groups excluding carboxylic acids is 4. The summed E-state index contributed by atoms with van der Waals surface area (Å²) in [5, 5.41) is 8.32. The molecule has 8 nitrogen and oxygen atoms in total. The standard InChI is InChI=1S/C33H41N3O5/c1-23(2)21-28-33(40)41-29(24(3)17-18-25-11-6-4-7-12-25)15-10-16-30(37)35-27(22-26-13-8-5-9-14-26)32(39)34-20-19-31(38)36-28/h4-14,16-18,23-24,27-29H,15,19-22H2,1-3H3,(H,34,39)(H,35,37)(H,36,38)/b16-10+,18-17+/t24-,27-,28+,29+/m1/s1. The molecule has 3 rings (SSSR count). The molecule has 0 bridgehead atoms. The van der Waals surface area contributed by atoms with E-state index < -0.39 is 30.1 Å². The van der Waals surface area contributed by atoms with Crippen LogP contribution in [0.15, 0.2) is 78.9 Å². The van der Waals surface area contributed by atoms with Gasteiger partial charge in [0.15, 0.2) is 0 Å². The Labute approximate surface area is 242 Å². The summed E-state index contributed by atoms with van der Waals surface area (Å²) in [5.74, 6) is -1.74. The summed E-state index contributed by atoms with van der Waals surface area (Å²) in [6.45, 7) is 5.94. The highest BCUT2D eigenvalue weighted by Gasteiger charge is 2.28. The van der Waals surface area contributed by atoms with Gasteiger partial charge in [0.1, 0.15) is 18.2 Å². The van der Waals surface area contributed by atoms with Crippen molar-refractivity contribution in [2.75, 3.05) is 6.54 Å². The first-order valence-corrected chi connectivity index (χ1v) is 14.2. The van der Waals surface area contributed by atoms with Gasteiger partial charge in [-0.2, -0.15) is 0 Å². The summed E-state index contributed by atoms with van der Waals surface area (Å²) in [4.78, 5) is 51.9. The zero-order valence-electron chi connectivity index (χ0n) is 24.0. The molecule has 0 unspecified atom stereocenters. The van der Waals surface area contributed by atoms with E-state index in [4.69, 9.17) is 4.74 Å². The Kier molecular flexibility index (Phi) is 12.3. The van der Waals surface area contributed by atoms with Crippen LogP contribution in [0.25, 0.3) is 6.08 Å². The van der Waals surface area contributed by atoms with E-state index >= 15 is 0 Å². The third kappa shape index (κ3) is 11.1. The van der Waals surface area contributed by atoms with Crippen molar-refractivity contribution in [3.05, 3.63) is 90.0 Å². The predicted octanol–water partition coefficient (Wildman–Crippen LogP) is 3.97. The number of nitrogens with one attached hydrogen (secondary N) is 3. The number of benzene rings is 2. The molecule has 3 N–H and O–H groups in total. The topological polar surface area (TPSA) is 114 Å². The second-order valence-electron chi connectivity index (χ2n) is 10.8. The smallest absolute Gasteiger partial charge is 0.328 e. The van der Waals surface area contributed by atoms with E-state index in [0.29, 0.717) is 12.8 Å². The highest BCUT2D eigenvalue weighted by Crippen LogP contribution is 2.18. The number of carbonyl (C=O) groups is 4. The SMILES string of the molecule is CC(C)C[C@@H]1NC(=O)CCNC(=O)[C@@H](Cc2ccccc2)NC(=O)/C=C/C[C@@H]([C@H](C)/C=C/c2ccccc2)OC1=O. The first kappa shape index (κ1) is 31.3. The van der Waals surface area contributed by atoms with Crippen LogP contribution in [0.5, 0.6) is 0 Å². The number of hydrogen-bond donors (Lipinski definition) is 3. The Balaban J connectivity index is 1.84. The molecule has 0 fully saturated rings. The van der Waals surface area contributed by atoms with Gasteiger partial charge in [0.2, 0.25) is 17.7 Å². The molecule has 0 saturated heterocycles. The molecule has 1 heterocycles. The van der Waals surface area contributed by atoms with Crippen molar-refractivity contribution in [3.63, 3.8) is 0 Å². The van der Waals surface area contributed by atoms with Gasteiger partial charge < -0.3 is 20.7 Å². The molecule has 0 radical (unpaired) electrons. The van der Waals surface area contributed by atoms with E-state index in [0.717, 1.165) is 11.1 Å². The minimum atomic E-state index is -0.822. The number of amides is 3. The summed E-state index contributed by atoms with van der Waals surface area (Å²) in [6.07, 6.45) is 7.36. The van der Waals surface area contributed by atoms with Gasteiger partial charge in [0.05, 0.1) is 0 Å². The first-order chi connectivity index (χ1) is 19.7. The lowest BCUT2D eigenvalue weighted by Gasteiger charge is -2.26. The lowest BCUT2D eigenvalue weighted by Crippen LogP contribution is -2.49. The second kappa shape index (κ2) is 16.2. The van der Waals surface area contributed by atoms with Gasteiger partial charge in [-0.25, -0.2) is 4.79 Å². The molecule has 1 aliphatic heterocycles. The predicted molar refractivity (Wildman–Crippen MR) is 159 cm³/mol. The van der Waals surface area contributed by atoms with E-state index in [-0.39, 0.29) is 43.0 Å². The van der Waals surface area contributed by atoms with Crippen LogP contribution in [-0.4, -0.2) is 48.4 Å². The largest absolute Gasteiger partial charge is 0.460 e. The number of ether oxygens (including phenoxy) is 1. The normalized spacial score (nSPS) is 22.9. The van der Waals surface area contributed by atoms with Crippen molar-refractivity contribution < 1.29 is 23.9 Å². The molecule has 0 saturated carbocycles. The number of hydrogen-bond acceptors (Lipinski definition) is 5. The van der Waals surface area contributed by atoms with Crippen LogP contribution in [0.3, 0.4) is 0 Å². The van der Waals surface area contributed by atoms with Gasteiger partial charge in [0, 0.05) is 31.7 Å². The molecule has 2 aromatic carbocycles. The maximum atomic E-state index is 13.3. The fourth-order valence-corrected chi connectivity index (χ4v) is 4.51. The fourth-order valence-electron chi connectivity index (χ4n) is 4.51. The molecule has 1 aliphatic rings. The molecule has 0 aromatic heterocycles. The van der Waals surface area contributed by atoms with E-state index in [1.807, 2.05) is 93.6 Å². The molecule has 2 aromatic rings. The Bertz CT molecular complexity index is 1210. The van der Waals surface area contributed by atoms with E-state index in [1.165, 1.54) is 6.08 Å². The minimum Gasteiger partial charge on any atom is -0.460 e. The zero-order valence-corrected chi connectivity index (χ0v) is 24.0. The molecule has 41 heavy (non-hydrogen) atoms. The van der Waals surface area contributed by atoms with Crippen molar-refractivity contribution in [1.29, 1.82) is 0 Å². The average molecular weight is 560 g/mol. The quantitative estimate of drug-likeness (QED) is 0.445. The Morgan fingerprint density at radius 1 is 0.902 bits per heavy atom. The molecule has 3 amide bonds. The summed E-state index contributed by atoms with van der Waals surface area (Å²) < 4.78 is 5.96. The van der Waals surface area contributed by atoms with Gasteiger partial charge in [0.25, 0.3) is 0 Å². The summed E-state index contributed by atoms with van der Waals surface area (Å²) in [7, 11) is 0. The fraction of sp³-hybridized carbons (Fsp3) is 0.394. The highest BCUT2D eigenvalue weighted by molar-refractivity contribution is 5.93. The van der Waals surface area contributed by atoms with Gasteiger partial charge in [-0.15, -0.1) is 0 Å². The second-order valence-corrected chi connectivity index (χ2v) is 10.8. The van der Waals surface area contributed by atoms with Gasteiger partial charge >= 0.3 is 5.97 Å². The lowest BCUT2D eigenvalue weighted by atomic mass is 9.99. The van der Waals surface area contributed by atoms with E-state index in [1.54, 1.807) is 6.08 Å². The van der Waals surface area contributed by atoms with Crippen LogP contribution < -0.4 is 16.0 Å². The molecule has 0 spiro atoms. The van der Waals surface area contributed by atoms with E-state index in [2.05, 4.69) is 16.0 Å². The lowest BCUT2D eigenvalue weighted by molar-refractivity contribution is -0.155. The van der Waals surface area contributed by atoms with Crippen molar-refractivity contribution in [2.24, 2.45) is 11.8 Å². The molecule has 4 atom stereocenters. The van der Waals surface area contributed by atoms with Crippen LogP contribution in [0.1, 0.15) is 51.2 Å². The van der Waals surface area contributed by atoms with Gasteiger partial charge in [-0.3, -0.25) is 14.4 Å². The Morgan fingerprint density at radius 3 is 2.27 bits per heavy atom. The van der Waals surface area contributed by atoms with Crippen LogP contribution in [-0.2, 0) is 30.3 Å².